The third-order valence-corrected chi connectivity index (χ3v) is 3.92. The number of hydrogen-bond donors (Lipinski definition) is 2. The average Bonchev–Trinajstić information content (AvgIpc) is 3.05. The first-order chi connectivity index (χ1) is 9.88. The van der Waals surface area contributed by atoms with E-state index in [1.165, 1.54) is 4.90 Å². The number of amides is 1. The van der Waals surface area contributed by atoms with E-state index in [0.29, 0.717) is 5.69 Å². The molecule has 0 aliphatic carbocycles. The Hall–Kier alpha value is -2.15. The van der Waals surface area contributed by atoms with Gasteiger partial charge in [-0.3, -0.25) is 9.59 Å². The maximum Gasteiger partial charge on any atom is 0.308 e. The number of carbonyl (C=O) groups excluding carboxylic acids is 1. The predicted octanol–water partition coefficient (Wildman–Crippen LogP) is 2.24. The lowest BCUT2D eigenvalue weighted by Crippen LogP contribution is -2.33. The van der Waals surface area contributed by atoms with E-state index in [2.05, 4.69) is 9.97 Å². The molecule has 0 aliphatic rings. The van der Waals surface area contributed by atoms with Gasteiger partial charge in [-0.25, -0.2) is 4.98 Å². The molecule has 7 heteroatoms. The van der Waals surface area contributed by atoms with Crippen molar-refractivity contribution in [2.75, 3.05) is 13.6 Å². The number of nitrogens with one attached hydrogen (secondary N) is 1. The number of nitrogens with zero attached hydrogens (tertiary/aromatic N) is 2. The van der Waals surface area contributed by atoms with Crippen molar-refractivity contribution in [1.82, 2.24) is 14.9 Å². The van der Waals surface area contributed by atoms with Crippen LogP contribution in [0.4, 0.5) is 0 Å². The molecule has 2 aromatic heterocycles. The standard InChI is InChI=1S/C14H17N3O3S/c1-8(14(19)20)6-17(3)13(18)11-4-10(5-15-11)12-7-21-9(2)16-12/h4-5,7-8,15H,6H2,1-3H3,(H,19,20). The van der Waals surface area contributed by atoms with Gasteiger partial charge in [0.1, 0.15) is 5.69 Å². The second-order valence-electron chi connectivity index (χ2n) is 4.98. The quantitative estimate of drug-likeness (QED) is 0.887. The van der Waals surface area contributed by atoms with Crippen LogP contribution in [-0.4, -0.2) is 45.4 Å². The summed E-state index contributed by atoms with van der Waals surface area (Å²) in [6.07, 6.45) is 1.73. The van der Waals surface area contributed by atoms with Crippen LogP contribution in [0, 0.1) is 12.8 Å². The van der Waals surface area contributed by atoms with Gasteiger partial charge in [-0.15, -0.1) is 11.3 Å². The van der Waals surface area contributed by atoms with Crippen molar-refractivity contribution in [3.63, 3.8) is 0 Å². The summed E-state index contributed by atoms with van der Waals surface area (Å²) in [5, 5.41) is 11.8. The summed E-state index contributed by atoms with van der Waals surface area (Å²) in [6.45, 7) is 3.66. The van der Waals surface area contributed by atoms with Crippen LogP contribution in [0.5, 0.6) is 0 Å². The van der Waals surface area contributed by atoms with Crippen molar-refractivity contribution in [3.8, 4) is 11.3 Å². The predicted molar refractivity (Wildman–Crippen MR) is 80.4 cm³/mol. The molecule has 1 atom stereocenters. The Morgan fingerprint density at radius 3 is 2.81 bits per heavy atom. The molecular formula is C14H17N3O3S. The average molecular weight is 307 g/mol. The number of aromatic amines is 1. The molecule has 1 amide bonds. The molecule has 0 aromatic carbocycles. The topological polar surface area (TPSA) is 86.3 Å². The first kappa shape index (κ1) is 15.2. The lowest BCUT2D eigenvalue weighted by atomic mass is 10.1. The molecule has 0 spiro atoms. The van der Waals surface area contributed by atoms with E-state index in [4.69, 9.17) is 5.11 Å². The van der Waals surface area contributed by atoms with Gasteiger partial charge in [0.25, 0.3) is 5.91 Å². The van der Waals surface area contributed by atoms with Crippen molar-refractivity contribution < 1.29 is 14.7 Å². The Morgan fingerprint density at radius 2 is 2.24 bits per heavy atom. The van der Waals surface area contributed by atoms with Gasteiger partial charge in [-0.05, 0) is 13.0 Å². The SMILES string of the molecule is Cc1nc(-c2c[nH]c(C(=O)N(C)CC(C)C(=O)O)c2)cs1. The summed E-state index contributed by atoms with van der Waals surface area (Å²) in [5.74, 6) is -1.75. The van der Waals surface area contributed by atoms with Crippen LogP contribution in [0.2, 0.25) is 0 Å². The summed E-state index contributed by atoms with van der Waals surface area (Å²) in [5.41, 5.74) is 2.10. The van der Waals surface area contributed by atoms with Crippen LogP contribution in [-0.2, 0) is 4.79 Å². The van der Waals surface area contributed by atoms with E-state index in [0.717, 1.165) is 16.3 Å². The van der Waals surface area contributed by atoms with Crippen LogP contribution < -0.4 is 0 Å². The number of hydrogen-bond acceptors (Lipinski definition) is 4. The van der Waals surface area contributed by atoms with E-state index in [1.54, 1.807) is 37.6 Å². The lowest BCUT2D eigenvalue weighted by Gasteiger charge is -2.18. The van der Waals surface area contributed by atoms with Crippen molar-refractivity contribution in [2.24, 2.45) is 5.92 Å². The highest BCUT2D eigenvalue weighted by Crippen LogP contribution is 2.22. The fourth-order valence-electron chi connectivity index (χ4n) is 1.94. The molecule has 0 aliphatic heterocycles. The second-order valence-corrected chi connectivity index (χ2v) is 6.04. The van der Waals surface area contributed by atoms with Gasteiger partial charge >= 0.3 is 5.97 Å². The van der Waals surface area contributed by atoms with E-state index in [1.807, 2.05) is 12.3 Å². The van der Waals surface area contributed by atoms with Crippen molar-refractivity contribution in [1.29, 1.82) is 0 Å². The number of carboxylic acids is 1. The van der Waals surface area contributed by atoms with Crippen molar-refractivity contribution in [3.05, 3.63) is 28.3 Å². The maximum atomic E-state index is 12.2. The number of aromatic nitrogens is 2. The molecule has 6 nitrogen and oxygen atoms in total. The molecule has 21 heavy (non-hydrogen) atoms. The number of aliphatic carboxylic acids is 1. The minimum absolute atomic E-state index is 0.165. The zero-order valence-electron chi connectivity index (χ0n) is 12.1. The number of aryl methyl sites for hydroxylation is 1. The maximum absolute atomic E-state index is 12.2. The second kappa shape index (κ2) is 6.09. The van der Waals surface area contributed by atoms with Gasteiger partial charge in [-0.2, -0.15) is 0 Å². The zero-order valence-corrected chi connectivity index (χ0v) is 12.9. The van der Waals surface area contributed by atoms with Gasteiger partial charge in [0.2, 0.25) is 0 Å². The van der Waals surface area contributed by atoms with E-state index in [-0.39, 0.29) is 12.5 Å². The number of carboxylic acid groups (broad SMARTS) is 1. The normalized spacial score (nSPS) is 12.1. The summed E-state index contributed by atoms with van der Waals surface area (Å²) in [7, 11) is 1.59. The third kappa shape index (κ3) is 3.49. The van der Waals surface area contributed by atoms with Crippen LogP contribution in [0.1, 0.15) is 22.4 Å². The Balaban J connectivity index is 2.10. The summed E-state index contributed by atoms with van der Waals surface area (Å²) in [4.78, 5) is 31.8. The van der Waals surface area contributed by atoms with Crippen LogP contribution in [0.25, 0.3) is 11.3 Å². The summed E-state index contributed by atoms with van der Waals surface area (Å²) < 4.78 is 0. The molecular weight excluding hydrogens is 290 g/mol. The Bertz CT molecular complexity index is 662. The van der Waals surface area contributed by atoms with Gasteiger partial charge in [0.15, 0.2) is 0 Å². The van der Waals surface area contributed by atoms with E-state index < -0.39 is 11.9 Å². The molecule has 2 heterocycles. The molecule has 2 aromatic rings. The fraction of sp³-hybridized carbons (Fsp3) is 0.357. The zero-order chi connectivity index (χ0) is 15.6. The van der Waals surface area contributed by atoms with Crippen LogP contribution >= 0.6 is 11.3 Å². The number of rotatable bonds is 5. The first-order valence-electron chi connectivity index (χ1n) is 6.47. The van der Waals surface area contributed by atoms with Gasteiger partial charge in [-0.1, -0.05) is 6.92 Å². The monoisotopic (exact) mass is 307 g/mol. The molecule has 0 saturated heterocycles. The largest absolute Gasteiger partial charge is 0.481 e. The van der Waals surface area contributed by atoms with Gasteiger partial charge in [0, 0.05) is 30.7 Å². The molecule has 0 radical (unpaired) electrons. The minimum Gasteiger partial charge on any atom is -0.481 e. The number of carbonyl (C=O) groups is 2. The third-order valence-electron chi connectivity index (χ3n) is 3.14. The lowest BCUT2D eigenvalue weighted by molar-refractivity contribution is -0.141. The molecule has 1 unspecified atom stereocenters. The van der Waals surface area contributed by atoms with Crippen LogP contribution in [0.15, 0.2) is 17.6 Å². The first-order valence-corrected chi connectivity index (χ1v) is 7.35. The smallest absolute Gasteiger partial charge is 0.308 e. The van der Waals surface area contributed by atoms with Crippen LogP contribution in [0.3, 0.4) is 0 Å². The van der Waals surface area contributed by atoms with E-state index >= 15 is 0 Å². The summed E-state index contributed by atoms with van der Waals surface area (Å²) in [6, 6.07) is 1.73. The fourth-order valence-corrected chi connectivity index (χ4v) is 2.56. The molecule has 112 valence electrons. The molecule has 0 bridgehead atoms. The van der Waals surface area contributed by atoms with Gasteiger partial charge in [0.05, 0.1) is 16.6 Å². The Kier molecular flexibility index (Phi) is 4.42. The van der Waals surface area contributed by atoms with E-state index in [9.17, 15) is 9.59 Å². The Labute approximate surface area is 126 Å². The molecule has 2 N–H and O–H groups in total. The minimum atomic E-state index is -0.917. The Morgan fingerprint density at radius 1 is 1.52 bits per heavy atom. The summed E-state index contributed by atoms with van der Waals surface area (Å²) >= 11 is 1.55. The number of H-pyrrole nitrogens is 1. The van der Waals surface area contributed by atoms with Gasteiger partial charge < -0.3 is 15.0 Å². The highest BCUT2D eigenvalue weighted by Gasteiger charge is 2.20. The van der Waals surface area contributed by atoms with Crippen molar-refractivity contribution in [2.45, 2.75) is 13.8 Å². The highest BCUT2D eigenvalue weighted by molar-refractivity contribution is 7.09. The molecule has 0 saturated carbocycles. The molecule has 0 fully saturated rings. The van der Waals surface area contributed by atoms with Crippen molar-refractivity contribution >= 4 is 23.2 Å². The molecule has 2 rings (SSSR count). The highest BCUT2D eigenvalue weighted by atomic mass is 32.1. The number of thiazole rings is 1.